The Morgan fingerprint density at radius 2 is 2.07 bits per heavy atom. The molecule has 0 heterocycles. The maximum absolute atomic E-state index is 10.9. The Kier molecular flexibility index (Phi) is 9.28. The van der Waals surface area contributed by atoms with Crippen LogP contribution in [0.25, 0.3) is 0 Å². The molecule has 80 valence electrons. The summed E-state index contributed by atoms with van der Waals surface area (Å²) in [4.78, 5) is 10.9. The summed E-state index contributed by atoms with van der Waals surface area (Å²) in [7, 11) is 0. The number of ether oxygens (including phenoxy) is 1. The van der Waals surface area contributed by atoms with Gasteiger partial charge in [-0.05, 0) is 25.7 Å². The highest BCUT2D eigenvalue weighted by atomic mass is 16.5. The lowest BCUT2D eigenvalue weighted by molar-refractivity contribution is -0.138. The molecule has 0 spiro atoms. The average Bonchev–Trinajstić information content (AvgIpc) is 2.17. The predicted octanol–water partition coefficient (Wildman–Crippen LogP) is 3.59. The number of esters is 1. The minimum atomic E-state index is -0.177. The van der Waals surface area contributed by atoms with E-state index in [1.165, 1.54) is 6.26 Å². The topological polar surface area (TPSA) is 26.3 Å². The van der Waals surface area contributed by atoms with Gasteiger partial charge in [-0.3, -0.25) is 4.79 Å². The number of hydrogen-bond acceptors (Lipinski definition) is 2. The molecule has 14 heavy (non-hydrogen) atoms. The van der Waals surface area contributed by atoms with E-state index in [0.717, 1.165) is 32.1 Å². The quantitative estimate of drug-likeness (QED) is 0.257. The summed E-state index contributed by atoms with van der Waals surface area (Å²) in [6.07, 6.45) is 11.4. The van der Waals surface area contributed by atoms with Gasteiger partial charge < -0.3 is 4.74 Å². The second-order valence-corrected chi connectivity index (χ2v) is 3.14. The molecule has 2 nitrogen and oxygen atoms in total. The molecule has 0 aliphatic rings. The van der Waals surface area contributed by atoms with Gasteiger partial charge in [-0.15, -0.1) is 0 Å². The number of carbonyl (C=O) groups excluding carboxylic acids is 1. The first-order chi connectivity index (χ1) is 6.81. The summed E-state index contributed by atoms with van der Waals surface area (Å²) in [6.45, 7) is 5.45. The van der Waals surface area contributed by atoms with Crippen LogP contribution in [0.5, 0.6) is 0 Å². The number of carbonyl (C=O) groups is 1. The van der Waals surface area contributed by atoms with Crippen molar-refractivity contribution in [3.8, 4) is 0 Å². The van der Waals surface area contributed by atoms with Gasteiger partial charge in [0.25, 0.3) is 0 Å². The third-order valence-corrected chi connectivity index (χ3v) is 1.87. The maximum Gasteiger partial charge on any atom is 0.310 e. The van der Waals surface area contributed by atoms with Crippen LogP contribution >= 0.6 is 0 Å². The van der Waals surface area contributed by atoms with Crippen LogP contribution in [0.1, 0.15) is 45.4 Å². The molecule has 0 aromatic rings. The second-order valence-electron chi connectivity index (χ2n) is 3.14. The van der Waals surface area contributed by atoms with E-state index in [9.17, 15) is 4.79 Å². The summed E-state index contributed by atoms with van der Waals surface area (Å²) in [6, 6.07) is 0. The van der Waals surface area contributed by atoms with E-state index in [1.54, 1.807) is 0 Å². The highest BCUT2D eigenvalue weighted by Crippen LogP contribution is 2.04. The van der Waals surface area contributed by atoms with Crippen LogP contribution in [0.3, 0.4) is 0 Å². The van der Waals surface area contributed by atoms with Crippen molar-refractivity contribution in [2.45, 2.75) is 45.4 Å². The number of rotatable bonds is 8. The summed E-state index contributed by atoms with van der Waals surface area (Å²) in [5.74, 6) is -0.177. The van der Waals surface area contributed by atoms with Gasteiger partial charge in [0, 0.05) is 6.42 Å². The van der Waals surface area contributed by atoms with Crippen molar-refractivity contribution in [1.82, 2.24) is 0 Å². The van der Waals surface area contributed by atoms with Gasteiger partial charge in [0.15, 0.2) is 0 Å². The van der Waals surface area contributed by atoms with Crippen molar-refractivity contribution in [3.63, 3.8) is 0 Å². The normalized spacial score (nSPS) is 10.4. The van der Waals surface area contributed by atoms with Crippen molar-refractivity contribution in [2.24, 2.45) is 0 Å². The molecule has 0 rings (SSSR count). The lowest BCUT2D eigenvalue weighted by Gasteiger charge is -1.98. The molecule has 0 unspecified atom stereocenters. The molecule has 0 aliphatic heterocycles. The van der Waals surface area contributed by atoms with E-state index in [0.29, 0.717) is 6.42 Å². The monoisotopic (exact) mass is 196 g/mol. The fourth-order valence-corrected chi connectivity index (χ4v) is 1.14. The van der Waals surface area contributed by atoms with Gasteiger partial charge in [-0.2, -0.15) is 0 Å². The SMILES string of the molecule is C=COC(=O)CCCCC/C=C/CC. The smallest absolute Gasteiger partial charge is 0.310 e. The Hall–Kier alpha value is -1.05. The second kappa shape index (κ2) is 10.0. The van der Waals surface area contributed by atoms with E-state index in [-0.39, 0.29) is 5.97 Å². The van der Waals surface area contributed by atoms with Crippen LogP contribution in [-0.2, 0) is 9.53 Å². The zero-order valence-electron chi connectivity index (χ0n) is 9.00. The van der Waals surface area contributed by atoms with E-state index < -0.39 is 0 Å². The van der Waals surface area contributed by atoms with Gasteiger partial charge in [-0.25, -0.2) is 0 Å². The molecular weight excluding hydrogens is 176 g/mol. The van der Waals surface area contributed by atoms with Gasteiger partial charge >= 0.3 is 5.97 Å². The largest absolute Gasteiger partial charge is 0.435 e. The van der Waals surface area contributed by atoms with Crippen LogP contribution in [0.4, 0.5) is 0 Å². The van der Waals surface area contributed by atoms with Crippen LogP contribution in [0, 0.1) is 0 Å². The Morgan fingerprint density at radius 1 is 1.29 bits per heavy atom. The van der Waals surface area contributed by atoms with Gasteiger partial charge in [0.2, 0.25) is 0 Å². The molecule has 0 aliphatic carbocycles. The van der Waals surface area contributed by atoms with Gasteiger partial charge in [0.05, 0.1) is 6.26 Å². The van der Waals surface area contributed by atoms with Crippen molar-refractivity contribution in [2.75, 3.05) is 0 Å². The average molecular weight is 196 g/mol. The predicted molar refractivity (Wildman–Crippen MR) is 58.8 cm³/mol. The van der Waals surface area contributed by atoms with E-state index in [1.807, 2.05) is 0 Å². The van der Waals surface area contributed by atoms with Crippen molar-refractivity contribution < 1.29 is 9.53 Å². The van der Waals surface area contributed by atoms with Crippen LogP contribution in [-0.4, -0.2) is 5.97 Å². The molecular formula is C12H20O2. The Bertz CT molecular complexity index is 183. The summed E-state index contributed by atoms with van der Waals surface area (Å²) in [5, 5.41) is 0. The highest BCUT2D eigenvalue weighted by Gasteiger charge is 1.98. The first-order valence-corrected chi connectivity index (χ1v) is 5.26. The molecule has 0 aromatic heterocycles. The third-order valence-electron chi connectivity index (χ3n) is 1.87. The molecule has 0 saturated carbocycles. The van der Waals surface area contributed by atoms with Crippen LogP contribution in [0.2, 0.25) is 0 Å². The fourth-order valence-electron chi connectivity index (χ4n) is 1.14. The highest BCUT2D eigenvalue weighted by molar-refractivity contribution is 5.69. The molecule has 0 radical (unpaired) electrons. The summed E-state index contributed by atoms with van der Waals surface area (Å²) < 4.78 is 4.60. The Morgan fingerprint density at radius 3 is 2.71 bits per heavy atom. The zero-order valence-corrected chi connectivity index (χ0v) is 9.00. The Labute approximate surface area is 86.6 Å². The maximum atomic E-state index is 10.9. The lowest BCUT2D eigenvalue weighted by Crippen LogP contribution is -1.98. The summed E-state index contributed by atoms with van der Waals surface area (Å²) >= 11 is 0. The number of hydrogen-bond donors (Lipinski definition) is 0. The van der Waals surface area contributed by atoms with Crippen LogP contribution in [0.15, 0.2) is 25.0 Å². The standard InChI is InChI=1S/C12H20O2/c1-3-5-6-7-8-9-10-11-12(13)14-4-2/h4-6H,2-3,7-11H2,1H3/b6-5+. The molecule has 0 fully saturated rings. The minimum absolute atomic E-state index is 0.177. The molecule has 0 bridgehead atoms. The number of unbranched alkanes of at least 4 members (excludes halogenated alkanes) is 3. The Balaban J connectivity index is 3.17. The van der Waals surface area contributed by atoms with Gasteiger partial charge in [-0.1, -0.05) is 32.1 Å². The molecule has 0 saturated heterocycles. The molecule has 0 aromatic carbocycles. The van der Waals surface area contributed by atoms with Crippen molar-refractivity contribution in [1.29, 1.82) is 0 Å². The lowest BCUT2D eigenvalue weighted by atomic mass is 10.1. The zero-order chi connectivity index (χ0) is 10.6. The molecule has 0 N–H and O–H groups in total. The van der Waals surface area contributed by atoms with Crippen molar-refractivity contribution in [3.05, 3.63) is 25.0 Å². The van der Waals surface area contributed by atoms with E-state index in [2.05, 4.69) is 30.4 Å². The molecule has 2 heteroatoms. The fraction of sp³-hybridized carbons (Fsp3) is 0.583. The van der Waals surface area contributed by atoms with Crippen LogP contribution < -0.4 is 0 Å². The first kappa shape index (κ1) is 12.9. The molecule has 0 amide bonds. The van der Waals surface area contributed by atoms with Crippen molar-refractivity contribution >= 4 is 5.97 Å². The van der Waals surface area contributed by atoms with E-state index >= 15 is 0 Å². The number of allylic oxidation sites excluding steroid dienone is 2. The van der Waals surface area contributed by atoms with Gasteiger partial charge in [0.1, 0.15) is 0 Å². The summed E-state index contributed by atoms with van der Waals surface area (Å²) in [5.41, 5.74) is 0. The van der Waals surface area contributed by atoms with E-state index in [4.69, 9.17) is 0 Å². The third kappa shape index (κ3) is 9.04. The molecule has 0 atom stereocenters. The first-order valence-electron chi connectivity index (χ1n) is 5.26. The minimum Gasteiger partial charge on any atom is -0.435 e.